The number of rotatable bonds is 2. The second-order valence-electron chi connectivity index (χ2n) is 7.69. The largest absolute Gasteiger partial charge is 0.388 e. The first-order valence-electron chi connectivity index (χ1n) is 8.83. The van der Waals surface area contributed by atoms with Gasteiger partial charge in [-0.1, -0.05) is 38.5 Å². The van der Waals surface area contributed by atoms with Crippen molar-refractivity contribution in [3.8, 4) is 6.07 Å². The molecule has 0 heterocycles. The maximum Gasteiger partial charge on any atom is 0.0860 e. The minimum atomic E-state index is -0.690. The van der Waals surface area contributed by atoms with Crippen molar-refractivity contribution in [2.24, 2.45) is 17.3 Å². The highest BCUT2D eigenvalue weighted by atomic mass is 16.3. The van der Waals surface area contributed by atoms with E-state index in [1.54, 1.807) is 0 Å². The van der Waals surface area contributed by atoms with E-state index in [4.69, 9.17) is 0 Å². The van der Waals surface area contributed by atoms with E-state index in [1.807, 2.05) is 0 Å². The Morgan fingerprint density at radius 1 is 0.800 bits per heavy atom. The Balaban J connectivity index is 1.79. The van der Waals surface area contributed by atoms with Gasteiger partial charge in [0.2, 0.25) is 0 Å². The molecule has 112 valence electrons. The van der Waals surface area contributed by atoms with Crippen molar-refractivity contribution in [3.05, 3.63) is 0 Å². The highest BCUT2D eigenvalue weighted by molar-refractivity contribution is 5.13. The van der Waals surface area contributed by atoms with Crippen LogP contribution in [0.3, 0.4) is 0 Å². The Kier molecular flexibility index (Phi) is 4.09. The Labute approximate surface area is 123 Å². The molecule has 3 aliphatic rings. The van der Waals surface area contributed by atoms with Crippen molar-refractivity contribution in [2.75, 3.05) is 0 Å². The molecule has 0 aliphatic heterocycles. The topological polar surface area (TPSA) is 44.0 Å². The van der Waals surface area contributed by atoms with Gasteiger partial charge in [0.25, 0.3) is 0 Å². The summed E-state index contributed by atoms with van der Waals surface area (Å²) in [6.45, 7) is 0. The number of nitrogens with zero attached hydrogens (tertiary/aromatic N) is 1. The summed E-state index contributed by atoms with van der Waals surface area (Å²) in [5, 5.41) is 21.3. The van der Waals surface area contributed by atoms with Crippen molar-refractivity contribution in [1.82, 2.24) is 0 Å². The van der Waals surface area contributed by atoms with Crippen LogP contribution in [-0.2, 0) is 0 Å². The fourth-order valence-corrected chi connectivity index (χ4v) is 4.89. The fraction of sp³-hybridized carbons (Fsp3) is 0.944. The average molecular weight is 275 g/mol. The lowest BCUT2D eigenvalue weighted by molar-refractivity contribution is -0.108. The molecule has 0 amide bonds. The maximum atomic E-state index is 11.4. The molecule has 2 heteroatoms. The monoisotopic (exact) mass is 275 g/mol. The SMILES string of the molecule is N#CC1(C2(O)CCCC(C3CC3)C2)CCCCCCC1. The van der Waals surface area contributed by atoms with Crippen LogP contribution < -0.4 is 0 Å². The van der Waals surface area contributed by atoms with E-state index in [0.29, 0.717) is 5.92 Å². The molecule has 0 saturated heterocycles. The van der Waals surface area contributed by atoms with Gasteiger partial charge in [0.05, 0.1) is 17.1 Å². The average Bonchev–Trinajstić information content (AvgIpc) is 3.23. The lowest BCUT2D eigenvalue weighted by atomic mass is 9.58. The van der Waals surface area contributed by atoms with E-state index in [9.17, 15) is 10.4 Å². The molecule has 0 radical (unpaired) electrons. The van der Waals surface area contributed by atoms with Crippen LogP contribution in [0.4, 0.5) is 0 Å². The van der Waals surface area contributed by atoms with Crippen molar-refractivity contribution < 1.29 is 5.11 Å². The zero-order chi connectivity index (χ0) is 14.1. The molecule has 20 heavy (non-hydrogen) atoms. The van der Waals surface area contributed by atoms with E-state index >= 15 is 0 Å². The summed E-state index contributed by atoms with van der Waals surface area (Å²) in [4.78, 5) is 0. The third-order valence-corrected chi connectivity index (χ3v) is 6.37. The molecule has 3 fully saturated rings. The summed E-state index contributed by atoms with van der Waals surface area (Å²) in [5.41, 5.74) is -1.13. The molecule has 0 spiro atoms. The Morgan fingerprint density at radius 3 is 2.05 bits per heavy atom. The van der Waals surface area contributed by atoms with Gasteiger partial charge in [-0.2, -0.15) is 5.26 Å². The van der Waals surface area contributed by atoms with Crippen LogP contribution in [-0.4, -0.2) is 10.7 Å². The molecule has 3 saturated carbocycles. The standard InChI is InChI=1S/C18H29NO/c19-14-17(10-4-2-1-3-5-11-17)18(20)12-6-7-16(13-18)15-8-9-15/h15-16,20H,1-13H2. The molecular formula is C18H29NO. The molecule has 0 aromatic heterocycles. The summed E-state index contributed by atoms with van der Waals surface area (Å²) in [6, 6.07) is 2.63. The Morgan fingerprint density at radius 2 is 1.45 bits per heavy atom. The normalized spacial score (nSPS) is 38.5. The fourth-order valence-electron chi connectivity index (χ4n) is 4.89. The van der Waals surface area contributed by atoms with Gasteiger partial charge in [0, 0.05) is 0 Å². The van der Waals surface area contributed by atoms with Gasteiger partial charge in [0.1, 0.15) is 0 Å². The minimum Gasteiger partial charge on any atom is -0.388 e. The third kappa shape index (κ3) is 2.62. The van der Waals surface area contributed by atoms with Crippen molar-refractivity contribution >= 4 is 0 Å². The van der Waals surface area contributed by atoms with E-state index in [2.05, 4.69) is 6.07 Å². The zero-order valence-corrected chi connectivity index (χ0v) is 12.7. The van der Waals surface area contributed by atoms with Gasteiger partial charge in [-0.25, -0.2) is 0 Å². The van der Waals surface area contributed by atoms with E-state index in [0.717, 1.165) is 50.9 Å². The molecule has 0 aromatic rings. The van der Waals surface area contributed by atoms with Crippen molar-refractivity contribution in [1.29, 1.82) is 5.26 Å². The maximum absolute atomic E-state index is 11.4. The lowest BCUT2D eigenvalue weighted by Gasteiger charge is -2.48. The first kappa shape index (κ1) is 14.4. The van der Waals surface area contributed by atoms with Crippen LogP contribution in [0.2, 0.25) is 0 Å². The summed E-state index contributed by atoms with van der Waals surface area (Å²) >= 11 is 0. The Hall–Kier alpha value is -0.550. The van der Waals surface area contributed by atoms with Gasteiger partial charge in [-0.15, -0.1) is 0 Å². The molecule has 2 unspecified atom stereocenters. The summed E-state index contributed by atoms with van der Waals surface area (Å²) in [5.74, 6) is 1.57. The van der Waals surface area contributed by atoms with Gasteiger partial charge < -0.3 is 5.11 Å². The quantitative estimate of drug-likeness (QED) is 0.802. The molecule has 0 aromatic carbocycles. The summed E-state index contributed by atoms with van der Waals surface area (Å²) in [6.07, 6.45) is 14.8. The number of aliphatic hydroxyl groups is 1. The molecule has 0 bridgehead atoms. The molecule has 3 rings (SSSR count). The molecular weight excluding hydrogens is 246 g/mol. The second kappa shape index (κ2) is 5.68. The zero-order valence-electron chi connectivity index (χ0n) is 12.7. The highest BCUT2D eigenvalue weighted by Crippen LogP contribution is 2.54. The van der Waals surface area contributed by atoms with Crippen LogP contribution in [0.25, 0.3) is 0 Å². The van der Waals surface area contributed by atoms with Gasteiger partial charge in [-0.05, 0) is 56.8 Å². The highest BCUT2D eigenvalue weighted by Gasteiger charge is 2.53. The first-order chi connectivity index (χ1) is 9.69. The number of hydrogen-bond acceptors (Lipinski definition) is 2. The minimum absolute atomic E-state index is 0.443. The summed E-state index contributed by atoms with van der Waals surface area (Å²) < 4.78 is 0. The van der Waals surface area contributed by atoms with E-state index in [1.165, 1.54) is 38.5 Å². The Bertz CT molecular complexity index is 373. The van der Waals surface area contributed by atoms with Gasteiger partial charge >= 0.3 is 0 Å². The number of hydrogen-bond donors (Lipinski definition) is 1. The van der Waals surface area contributed by atoms with Crippen molar-refractivity contribution in [2.45, 2.75) is 89.1 Å². The lowest BCUT2D eigenvalue weighted by Crippen LogP contribution is -2.51. The molecule has 3 aliphatic carbocycles. The first-order valence-corrected chi connectivity index (χ1v) is 8.83. The van der Waals surface area contributed by atoms with E-state index in [-0.39, 0.29) is 0 Å². The predicted molar refractivity (Wildman–Crippen MR) is 80.0 cm³/mol. The van der Waals surface area contributed by atoms with Crippen LogP contribution in [0, 0.1) is 28.6 Å². The molecule has 2 atom stereocenters. The molecule has 1 N–H and O–H groups in total. The predicted octanol–water partition coefficient (Wildman–Crippen LogP) is 4.57. The molecule has 2 nitrogen and oxygen atoms in total. The number of nitriles is 1. The summed E-state index contributed by atoms with van der Waals surface area (Å²) in [7, 11) is 0. The van der Waals surface area contributed by atoms with Crippen molar-refractivity contribution in [3.63, 3.8) is 0 Å². The van der Waals surface area contributed by atoms with Crippen LogP contribution in [0.1, 0.15) is 83.5 Å². The second-order valence-corrected chi connectivity index (χ2v) is 7.69. The van der Waals surface area contributed by atoms with Gasteiger partial charge in [-0.3, -0.25) is 0 Å². The van der Waals surface area contributed by atoms with Crippen LogP contribution in [0.5, 0.6) is 0 Å². The third-order valence-electron chi connectivity index (χ3n) is 6.37. The van der Waals surface area contributed by atoms with Gasteiger partial charge in [0.15, 0.2) is 0 Å². The van der Waals surface area contributed by atoms with Crippen LogP contribution in [0.15, 0.2) is 0 Å². The smallest absolute Gasteiger partial charge is 0.0860 e. The van der Waals surface area contributed by atoms with Crippen LogP contribution >= 0.6 is 0 Å². The van der Waals surface area contributed by atoms with E-state index < -0.39 is 11.0 Å².